The summed E-state index contributed by atoms with van der Waals surface area (Å²) >= 11 is 0. The van der Waals surface area contributed by atoms with Gasteiger partial charge in [0.05, 0.1) is 12.6 Å². The van der Waals surface area contributed by atoms with E-state index in [9.17, 15) is 4.79 Å². The molecule has 160 valence electrons. The number of nitrogens with one attached hydrogen (secondary N) is 1. The Balaban J connectivity index is 1.46. The van der Waals surface area contributed by atoms with E-state index in [4.69, 9.17) is 9.73 Å². The maximum atomic E-state index is 12.7. The molecule has 0 bridgehead atoms. The van der Waals surface area contributed by atoms with E-state index in [0.29, 0.717) is 13.2 Å². The van der Waals surface area contributed by atoms with Crippen molar-refractivity contribution in [2.45, 2.75) is 32.7 Å². The minimum Gasteiger partial charge on any atom is -0.492 e. The quantitative estimate of drug-likeness (QED) is 0.428. The zero-order chi connectivity index (χ0) is 20.5. The molecule has 2 saturated heterocycles. The first kappa shape index (κ1) is 21.4. The van der Waals surface area contributed by atoms with E-state index in [2.05, 4.69) is 29.0 Å². The summed E-state index contributed by atoms with van der Waals surface area (Å²) in [6.07, 6.45) is 2.28. The molecule has 1 amide bonds. The zero-order valence-corrected chi connectivity index (χ0v) is 17.8. The van der Waals surface area contributed by atoms with E-state index in [0.717, 1.165) is 70.4 Å². The lowest BCUT2D eigenvalue weighted by Gasteiger charge is -2.39. The molecule has 1 unspecified atom stereocenters. The first-order chi connectivity index (χ1) is 14.2. The minimum absolute atomic E-state index is 0.0333. The maximum Gasteiger partial charge on any atom is 0.239 e. The lowest BCUT2D eigenvalue weighted by atomic mass is 10.2. The molecule has 2 fully saturated rings. The predicted octanol–water partition coefficient (Wildman–Crippen LogP) is 1.66. The van der Waals surface area contributed by atoms with Gasteiger partial charge in [0.1, 0.15) is 12.4 Å². The third kappa shape index (κ3) is 6.10. The lowest BCUT2D eigenvalue weighted by Crippen LogP contribution is -2.57. The summed E-state index contributed by atoms with van der Waals surface area (Å²) in [5.41, 5.74) is 0. The van der Waals surface area contributed by atoms with Crippen LogP contribution in [0.1, 0.15) is 26.7 Å². The van der Waals surface area contributed by atoms with Crippen LogP contribution in [0.25, 0.3) is 0 Å². The van der Waals surface area contributed by atoms with Crippen LogP contribution in [0.3, 0.4) is 0 Å². The van der Waals surface area contributed by atoms with Crippen LogP contribution in [-0.4, -0.2) is 91.6 Å². The molecule has 0 radical (unpaired) electrons. The molecule has 1 aromatic rings. The molecule has 1 atom stereocenters. The fourth-order valence-electron chi connectivity index (χ4n) is 3.94. The van der Waals surface area contributed by atoms with Gasteiger partial charge in [-0.3, -0.25) is 9.69 Å². The number of rotatable bonds is 7. The predicted molar refractivity (Wildman–Crippen MR) is 116 cm³/mol. The number of carbonyl (C=O) groups excluding carboxylic acids is 1. The lowest BCUT2D eigenvalue weighted by molar-refractivity contribution is -0.135. The molecule has 7 nitrogen and oxygen atoms in total. The first-order valence-corrected chi connectivity index (χ1v) is 10.9. The molecule has 7 heteroatoms. The first-order valence-electron chi connectivity index (χ1n) is 10.9. The van der Waals surface area contributed by atoms with Crippen LogP contribution in [0.15, 0.2) is 35.3 Å². The van der Waals surface area contributed by atoms with Gasteiger partial charge >= 0.3 is 0 Å². The number of carbonyl (C=O) groups is 1. The fourth-order valence-corrected chi connectivity index (χ4v) is 3.94. The Morgan fingerprint density at radius 2 is 1.76 bits per heavy atom. The Labute approximate surface area is 174 Å². The van der Waals surface area contributed by atoms with Crippen molar-refractivity contribution in [3.05, 3.63) is 30.3 Å². The molecular weight excluding hydrogens is 366 g/mol. The van der Waals surface area contributed by atoms with Gasteiger partial charge in [-0.25, -0.2) is 4.99 Å². The summed E-state index contributed by atoms with van der Waals surface area (Å²) in [5.74, 6) is 2.09. The van der Waals surface area contributed by atoms with Gasteiger partial charge in [-0.2, -0.15) is 0 Å². The standard InChI is InChI=1S/C22H35N5O2/c1-3-23-22(24-11-18-29-20-9-5-4-6-10-20)27-16-14-25(15-17-27)19(2)21(28)26-12-7-8-13-26/h4-6,9-10,19H,3,7-8,11-18H2,1-2H3,(H,23,24). The number of ether oxygens (including phenoxy) is 1. The second kappa shape index (κ2) is 11.0. The number of aliphatic imine (C=N–C) groups is 1. The van der Waals surface area contributed by atoms with Crippen molar-refractivity contribution in [1.29, 1.82) is 0 Å². The Morgan fingerprint density at radius 3 is 2.41 bits per heavy atom. The Morgan fingerprint density at radius 1 is 1.07 bits per heavy atom. The number of benzene rings is 1. The molecule has 2 aliphatic heterocycles. The van der Waals surface area contributed by atoms with E-state index >= 15 is 0 Å². The SMILES string of the molecule is CCNC(=NCCOc1ccccc1)N1CCN(C(C)C(=O)N2CCCC2)CC1. The molecule has 29 heavy (non-hydrogen) atoms. The fraction of sp³-hybridized carbons (Fsp3) is 0.636. The molecule has 0 aliphatic carbocycles. The highest BCUT2D eigenvalue weighted by Crippen LogP contribution is 2.14. The second-order valence-electron chi connectivity index (χ2n) is 7.63. The van der Waals surface area contributed by atoms with Gasteiger partial charge in [0, 0.05) is 45.8 Å². The van der Waals surface area contributed by atoms with Crippen LogP contribution in [0.4, 0.5) is 0 Å². The molecule has 2 aliphatic rings. The van der Waals surface area contributed by atoms with E-state index < -0.39 is 0 Å². The number of piperazine rings is 1. The highest BCUT2D eigenvalue weighted by molar-refractivity contribution is 5.82. The smallest absolute Gasteiger partial charge is 0.239 e. The third-order valence-electron chi connectivity index (χ3n) is 5.64. The van der Waals surface area contributed by atoms with Crippen molar-refractivity contribution >= 4 is 11.9 Å². The van der Waals surface area contributed by atoms with Crippen LogP contribution >= 0.6 is 0 Å². The van der Waals surface area contributed by atoms with Crippen LogP contribution in [0.5, 0.6) is 5.75 Å². The molecular formula is C22H35N5O2. The Kier molecular flexibility index (Phi) is 8.16. The van der Waals surface area contributed by atoms with Crippen LogP contribution in [-0.2, 0) is 4.79 Å². The number of para-hydroxylation sites is 1. The molecule has 3 rings (SSSR count). The zero-order valence-electron chi connectivity index (χ0n) is 17.8. The van der Waals surface area contributed by atoms with Gasteiger partial charge in [-0.05, 0) is 38.8 Å². The van der Waals surface area contributed by atoms with E-state index in [1.807, 2.05) is 35.2 Å². The van der Waals surface area contributed by atoms with Gasteiger partial charge < -0.3 is 19.9 Å². The summed E-state index contributed by atoms with van der Waals surface area (Å²) < 4.78 is 5.74. The second-order valence-corrected chi connectivity index (χ2v) is 7.63. The number of amides is 1. The highest BCUT2D eigenvalue weighted by Gasteiger charge is 2.30. The topological polar surface area (TPSA) is 60.4 Å². The summed E-state index contributed by atoms with van der Waals surface area (Å²) in [6.45, 7) is 11.5. The van der Waals surface area contributed by atoms with E-state index in [1.165, 1.54) is 0 Å². The number of hydrogen-bond acceptors (Lipinski definition) is 4. The maximum absolute atomic E-state index is 12.7. The molecule has 1 N–H and O–H groups in total. The van der Waals surface area contributed by atoms with Crippen molar-refractivity contribution in [3.63, 3.8) is 0 Å². The third-order valence-corrected chi connectivity index (χ3v) is 5.64. The molecule has 2 heterocycles. The summed E-state index contributed by atoms with van der Waals surface area (Å²) in [7, 11) is 0. The van der Waals surface area contributed by atoms with E-state index in [-0.39, 0.29) is 11.9 Å². The number of likely N-dealkylation sites (tertiary alicyclic amines) is 1. The summed E-state index contributed by atoms with van der Waals surface area (Å²) in [5, 5.41) is 3.39. The highest BCUT2D eigenvalue weighted by atomic mass is 16.5. The number of nitrogens with zero attached hydrogens (tertiary/aromatic N) is 4. The Hall–Kier alpha value is -2.28. The van der Waals surface area contributed by atoms with Gasteiger partial charge in [-0.1, -0.05) is 18.2 Å². The van der Waals surface area contributed by atoms with Crippen molar-refractivity contribution in [2.75, 3.05) is 59.0 Å². The number of guanidine groups is 1. The van der Waals surface area contributed by atoms with Crippen LogP contribution < -0.4 is 10.1 Å². The Bertz CT molecular complexity index is 652. The van der Waals surface area contributed by atoms with Gasteiger partial charge in [-0.15, -0.1) is 0 Å². The largest absolute Gasteiger partial charge is 0.492 e. The van der Waals surface area contributed by atoms with Gasteiger partial charge in [0.15, 0.2) is 5.96 Å². The normalized spacial score (nSPS) is 19.3. The minimum atomic E-state index is -0.0333. The average Bonchev–Trinajstić information content (AvgIpc) is 3.31. The van der Waals surface area contributed by atoms with Crippen LogP contribution in [0, 0.1) is 0 Å². The summed E-state index contributed by atoms with van der Waals surface area (Å²) in [6, 6.07) is 9.80. The average molecular weight is 402 g/mol. The van der Waals surface area contributed by atoms with Crippen molar-refractivity contribution in [2.24, 2.45) is 4.99 Å². The van der Waals surface area contributed by atoms with Gasteiger partial charge in [0.25, 0.3) is 0 Å². The van der Waals surface area contributed by atoms with Crippen molar-refractivity contribution < 1.29 is 9.53 Å². The van der Waals surface area contributed by atoms with Crippen molar-refractivity contribution in [3.8, 4) is 5.75 Å². The molecule has 0 spiro atoms. The molecule has 1 aromatic carbocycles. The number of hydrogen-bond donors (Lipinski definition) is 1. The van der Waals surface area contributed by atoms with Crippen molar-refractivity contribution in [1.82, 2.24) is 20.0 Å². The van der Waals surface area contributed by atoms with Gasteiger partial charge in [0.2, 0.25) is 5.91 Å². The van der Waals surface area contributed by atoms with Crippen LogP contribution in [0.2, 0.25) is 0 Å². The molecule has 0 aromatic heterocycles. The monoisotopic (exact) mass is 401 g/mol. The molecule has 0 saturated carbocycles. The summed E-state index contributed by atoms with van der Waals surface area (Å²) in [4.78, 5) is 24.0. The van der Waals surface area contributed by atoms with E-state index in [1.54, 1.807) is 0 Å².